The lowest BCUT2D eigenvalue weighted by molar-refractivity contribution is 0.101. The second kappa shape index (κ2) is 7.75. The summed E-state index contributed by atoms with van der Waals surface area (Å²) in [7, 11) is 0. The predicted octanol–water partition coefficient (Wildman–Crippen LogP) is 2.45. The summed E-state index contributed by atoms with van der Waals surface area (Å²) >= 11 is 0. The standard InChI is InChI=1S/C20H22N6O2/c1-2-11-26-17(27)10-9-16(24-26)20(28)23-18-19(25-12-5-6-13-25)22-15-8-4-3-7-14(15)21-18/h3-4,7-10H,2,5-6,11-13H2,1H3,(H,21,23,28). The number of carbonyl (C=O) groups excluding carboxylic acids is 1. The van der Waals surface area contributed by atoms with Gasteiger partial charge in [0.05, 0.1) is 11.0 Å². The number of fused-ring (bicyclic) bond motifs is 1. The van der Waals surface area contributed by atoms with Crippen molar-refractivity contribution < 1.29 is 4.79 Å². The molecule has 2 aromatic heterocycles. The van der Waals surface area contributed by atoms with Crippen molar-refractivity contribution in [3.05, 3.63) is 52.4 Å². The van der Waals surface area contributed by atoms with Crippen molar-refractivity contribution in [3.8, 4) is 0 Å². The van der Waals surface area contributed by atoms with Crippen molar-refractivity contribution in [1.82, 2.24) is 19.7 Å². The zero-order chi connectivity index (χ0) is 19.5. The summed E-state index contributed by atoms with van der Waals surface area (Å²) in [5, 5.41) is 7.03. The Morgan fingerprint density at radius 3 is 2.50 bits per heavy atom. The van der Waals surface area contributed by atoms with Crippen molar-refractivity contribution in [3.63, 3.8) is 0 Å². The maximum absolute atomic E-state index is 12.8. The van der Waals surface area contributed by atoms with Gasteiger partial charge in [-0.3, -0.25) is 9.59 Å². The molecule has 3 aromatic rings. The van der Waals surface area contributed by atoms with E-state index in [0.29, 0.717) is 23.7 Å². The molecule has 1 aromatic carbocycles. The van der Waals surface area contributed by atoms with E-state index in [2.05, 4.69) is 20.3 Å². The maximum atomic E-state index is 12.8. The summed E-state index contributed by atoms with van der Waals surface area (Å²) in [6.07, 6.45) is 2.93. The summed E-state index contributed by atoms with van der Waals surface area (Å²) in [5.41, 5.74) is 1.46. The molecule has 0 aliphatic carbocycles. The lowest BCUT2D eigenvalue weighted by atomic mass is 10.3. The van der Waals surface area contributed by atoms with Gasteiger partial charge >= 0.3 is 0 Å². The first kappa shape index (κ1) is 18.1. The molecule has 1 amide bonds. The van der Waals surface area contributed by atoms with Crippen LogP contribution in [0.3, 0.4) is 0 Å². The van der Waals surface area contributed by atoms with E-state index >= 15 is 0 Å². The molecule has 8 nitrogen and oxygen atoms in total. The zero-order valence-electron chi connectivity index (χ0n) is 15.8. The van der Waals surface area contributed by atoms with Crippen molar-refractivity contribution in [1.29, 1.82) is 0 Å². The van der Waals surface area contributed by atoms with Gasteiger partial charge in [-0.25, -0.2) is 14.6 Å². The third kappa shape index (κ3) is 3.58. The summed E-state index contributed by atoms with van der Waals surface area (Å²) in [4.78, 5) is 36.2. The smallest absolute Gasteiger partial charge is 0.277 e. The van der Waals surface area contributed by atoms with Crippen LogP contribution in [0.2, 0.25) is 0 Å². The zero-order valence-corrected chi connectivity index (χ0v) is 15.8. The first-order valence-electron chi connectivity index (χ1n) is 9.57. The highest BCUT2D eigenvalue weighted by molar-refractivity contribution is 6.04. The minimum absolute atomic E-state index is 0.176. The highest BCUT2D eigenvalue weighted by atomic mass is 16.2. The number of amides is 1. The average molecular weight is 378 g/mol. The topological polar surface area (TPSA) is 93.0 Å². The summed E-state index contributed by atoms with van der Waals surface area (Å²) in [6, 6.07) is 10.4. The molecule has 0 bridgehead atoms. The number of aryl methyl sites for hydroxylation is 1. The molecule has 1 aliphatic rings. The fourth-order valence-electron chi connectivity index (χ4n) is 3.34. The molecule has 1 saturated heterocycles. The van der Waals surface area contributed by atoms with Gasteiger partial charge in [0, 0.05) is 25.7 Å². The van der Waals surface area contributed by atoms with Crippen molar-refractivity contribution in [2.24, 2.45) is 0 Å². The normalized spacial score (nSPS) is 13.8. The molecule has 0 spiro atoms. The second-order valence-corrected chi connectivity index (χ2v) is 6.81. The first-order valence-corrected chi connectivity index (χ1v) is 9.57. The molecule has 1 aliphatic heterocycles. The van der Waals surface area contributed by atoms with Crippen LogP contribution in [0.4, 0.5) is 11.6 Å². The number of rotatable bonds is 5. The molecule has 3 heterocycles. The number of hydrogen-bond acceptors (Lipinski definition) is 6. The quantitative estimate of drug-likeness (QED) is 0.733. The van der Waals surface area contributed by atoms with Crippen LogP contribution in [-0.4, -0.2) is 38.7 Å². The van der Waals surface area contributed by atoms with Gasteiger partial charge in [0.15, 0.2) is 11.6 Å². The van der Waals surface area contributed by atoms with Gasteiger partial charge in [-0.15, -0.1) is 0 Å². The van der Waals surface area contributed by atoms with Crippen molar-refractivity contribution >= 4 is 28.6 Å². The van der Waals surface area contributed by atoms with Gasteiger partial charge in [0.1, 0.15) is 5.69 Å². The summed E-state index contributed by atoms with van der Waals surface area (Å²) in [6.45, 7) is 4.19. The summed E-state index contributed by atoms with van der Waals surface area (Å²) < 4.78 is 1.31. The first-order chi connectivity index (χ1) is 13.7. The monoisotopic (exact) mass is 378 g/mol. The van der Waals surface area contributed by atoms with Crippen LogP contribution in [0, 0.1) is 0 Å². The number of nitrogens with one attached hydrogen (secondary N) is 1. The molecule has 8 heteroatoms. The number of benzene rings is 1. The Morgan fingerprint density at radius 2 is 1.79 bits per heavy atom. The molecular weight excluding hydrogens is 356 g/mol. The second-order valence-electron chi connectivity index (χ2n) is 6.81. The van der Waals surface area contributed by atoms with Crippen LogP contribution >= 0.6 is 0 Å². The van der Waals surface area contributed by atoms with Crippen LogP contribution < -0.4 is 15.8 Å². The molecule has 0 atom stereocenters. The van der Waals surface area contributed by atoms with E-state index in [1.807, 2.05) is 31.2 Å². The molecule has 4 rings (SSSR count). The Hall–Kier alpha value is -3.29. The molecule has 0 saturated carbocycles. The van der Waals surface area contributed by atoms with Gasteiger partial charge in [-0.1, -0.05) is 19.1 Å². The third-order valence-electron chi connectivity index (χ3n) is 4.72. The Morgan fingerprint density at radius 1 is 1.07 bits per heavy atom. The Balaban J connectivity index is 1.70. The largest absolute Gasteiger partial charge is 0.354 e. The number of carbonyl (C=O) groups is 1. The van der Waals surface area contributed by atoms with E-state index in [9.17, 15) is 9.59 Å². The van der Waals surface area contributed by atoms with Crippen molar-refractivity contribution in [2.75, 3.05) is 23.3 Å². The highest BCUT2D eigenvalue weighted by Crippen LogP contribution is 2.28. The van der Waals surface area contributed by atoms with Crippen molar-refractivity contribution in [2.45, 2.75) is 32.7 Å². The average Bonchev–Trinajstić information content (AvgIpc) is 3.24. The van der Waals surface area contributed by atoms with Gasteiger partial charge in [0.25, 0.3) is 11.5 Å². The fraction of sp³-hybridized carbons (Fsp3) is 0.350. The van der Waals surface area contributed by atoms with Crippen LogP contribution in [0.25, 0.3) is 11.0 Å². The van der Waals surface area contributed by atoms with Crippen LogP contribution in [0.15, 0.2) is 41.2 Å². The lowest BCUT2D eigenvalue weighted by Crippen LogP contribution is -2.27. The van der Waals surface area contributed by atoms with E-state index in [0.717, 1.165) is 37.9 Å². The Labute approximate surface area is 162 Å². The molecule has 1 fully saturated rings. The third-order valence-corrected chi connectivity index (χ3v) is 4.72. The number of nitrogens with zero attached hydrogens (tertiary/aromatic N) is 5. The molecule has 1 N–H and O–H groups in total. The Bertz CT molecular complexity index is 1070. The number of hydrogen-bond donors (Lipinski definition) is 1. The van der Waals surface area contributed by atoms with E-state index < -0.39 is 5.91 Å². The van der Waals surface area contributed by atoms with Gasteiger partial charge in [-0.05, 0) is 37.5 Å². The number of anilines is 2. The molecule has 28 heavy (non-hydrogen) atoms. The highest BCUT2D eigenvalue weighted by Gasteiger charge is 2.21. The minimum Gasteiger partial charge on any atom is -0.354 e. The van der Waals surface area contributed by atoms with Crippen LogP contribution in [0.5, 0.6) is 0 Å². The fourth-order valence-corrected chi connectivity index (χ4v) is 3.34. The van der Waals surface area contributed by atoms with Crippen LogP contribution in [-0.2, 0) is 6.54 Å². The van der Waals surface area contributed by atoms with E-state index in [1.54, 1.807) is 0 Å². The molecule has 144 valence electrons. The lowest BCUT2D eigenvalue weighted by Gasteiger charge is -2.20. The van der Waals surface area contributed by atoms with Crippen LogP contribution in [0.1, 0.15) is 36.7 Å². The minimum atomic E-state index is -0.408. The van der Waals surface area contributed by atoms with E-state index in [1.165, 1.54) is 16.8 Å². The maximum Gasteiger partial charge on any atom is 0.277 e. The number of aromatic nitrogens is 4. The molecule has 0 unspecified atom stereocenters. The molecular formula is C20H22N6O2. The Kier molecular flexibility index (Phi) is 5.01. The van der Waals surface area contributed by atoms with E-state index in [-0.39, 0.29) is 11.3 Å². The van der Waals surface area contributed by atoms with E-state index in [4.69, 9.17) is 4.98 Å². The summed E-state index contributed by atoms with van der Waals surface area (Å²) in [5.74, 6) is 0.682. The SMILES string of the molecule is CCCn1nc(C(=O)Nc2nc3ccccc3nc2N2CCCC2)ccc1=O. The van der Waals surface area contributed by atoms with Gasteiger partial charge in [-0.2, -0.15) is 5.10 Å². The predicted molar refractivity (Wildman–Crippen MR) is 108 cm³/mol. The van der Waals surface area contributed by atoms with Gasteiger partial charge in [0.2, 0.25) is 0 Å². The van der Waals surface area contributed by atoms with Gasteiger partial charge < -0.3 is 10.2 Å². The number of para-hydroxylation sites is 2. The molecule has 0 radical (unpaired) electrons.